The van der Waals surface area contributed by atoms with Crippen molar-refractivity contribution in [2.75, 3.05) is 0 Å². The molecule has 4 heteroatoms. The normalized spacial score (nSPS) is 19.1. The molecule has 4 nitrogen and oxygen atoms in total. The molecule has 1 aliphatic carbocycles. The second kappa shape index (κ2) is 10.8. The van der Waals surface area contributed by atoms with Gasteiger partial charge in [-0.3, -0.25) is 14.4 Å². The summed E-state index contributed by atoms with van der Waals surface area (Å²) in [5, 5.41) is 10.6. The maximum absolute atomic E-state index is 13.4. The molecule has 4 aromatic carbocycles. The number of carbonyl (C=O) groups is 3. The average Bonchev–Trinajstić information content (AvgIpc) is 3.27. The van der Waals surface area contributed by atoms with Crippen LogP contribution < -0.4 is 0 Å². The van der Waals surface area contributed by atoms with Crippen LogP contribution in [0.25, 0.3) is 0 Å². The topological polar surface area (TPSA) is 71.4 Å². The second-order valence-electron chi connectivity index (χ2n) is 9.63. The van der Waals surface area contributed by atoms with Crippen LogP contribution in [0.1, 0.15) is 68.0 Å². The molecule has 4 aromatic rings. The molecule has 0 saturated heterocycles. The number of ketones is 2. The summed E-state index contributed by atoms with van der Waals surface area (Å²) < 4.78 is 0. The molecule has 0 aromatic heterocycles. The maximum atomic E-state index is 13.4. The van der Waals surface area contributed by atoms with E-state index in [0.717, 1.165) is 16.7 Å². The van der Waals surface area contributed by atoms with E-state index >= 15 is 0 Å². The fraction of sp³-hybridized carbons (Fsp3) is 0.182. The van der Waals surface area contributed by atoms with Gasteiger partial charge < -0.3 is 5.11 Å². The Morgan fingerprint density at radius 3 is 1.68 bits per heavy atom. The Hall–Kier alpha value is -4.31. The molecule has 0 amide bonds. The van der Waals surface area contributed by atoms with E-state index < -0.39 is 23.7 Å². The van der Waals surface area contributed by atoms with Crippen molar-refractivity contribution in [1.82, 2.24) is 0 Å². The molecule has 4 atom stereocenters. The van der Waals surface area contributed by atoms with Crippen molar-refractivity contribution in [2.45, 2.75) is 30.6 Å². The molecule has 0 radical (unpaired) electrons. The van der Waals surface area contributed by atoms with E-state index in [1.807, 2.05) is 91.0 Å². The molecular weight excluding hydrogens is 460 g/mol. The molecule has 0 heterocycles. The SMILES string of the molecule is O=C(C[C@@H]1c2ccccc2[C@@H]([C@H](CC(=O)c2ccccc2)c2ccccc2)[C@@H]1C(=O)O)c1ccccc1. The van der Waals surface area contributed by atoms with Crippen LogP contribution in [0.5, 0.6) is 0 Å². The van der Waals surface area contributed by atoms with Gasteiger partial charge >= 0.3 is 5.97 Å². The van der Waals surface area contributed by atoms with Gasteiger partial charge in [-0.15, -0.1) is 0 Å². The Morgan fingerprint density at radius 1 is 0.622 bits per heavy atom. The van der Waals surface area contributed by atoms with Crippen molar-refractivity contribution in [3.05, 3.63) is 143 Å². The van der Waals surface area contributed by atoms with Gasteiger partial charge in [0.1, 0.15) is 0 Å². The van der Waals surface area contributed by atoms with Crippen LogP contribution in [0.2, 0.25) is 0 Å². The molecule has 1 aliphatic rings. The van der Waals surface area contributed by atoms with Crippen molar-refractivity contribution in [2.24, 2.45) is 5.92 Å². The summed E-state index contributed by atoms with van der Waals surface area (Å²) in [5.74, 6) is -3.17. The highest BCUT2D eigenvalue weighted by molar-refractivity contribution is 5.98. The Morgan fingerprint density at radius 2 is 1.11 bits per heavy atom. The van der Waals surface area contributed by atoms with Crippen LogP contribution in [0.4, 0.5) is 0 Å². The molecule has 1 N–H and O–H groups in total. The monoisotopic (exact) mass is 488 g/mol. The van der Waals surface area contributed by atoms with Crippen LogP contribution in [-0.2, 0) is 4.79 Å². The van der Waals surface area contributed by atoms with Gasteiger partial charge in [0.2, 0.25) is 0 Å². The molecule has 5 rings (SSSR count). The van der Waals surface area contributed by atoms with Gasteiger partial charge in [-0.25, -0.2) is 0 Å². The van der Waals surface area contributed by atoms with Crippen LogP contribution in [0.3, 0.4) is 0 Å². The van der Waals surface area contributed by atoms with Crippen molar-refractivity contribution in [3.8, 4) is 0 Å². The number of benzene rings is 4. The number of carboxylic acids is 1. The largest absolute Gasteiger partial charge is 0.481 e. The van der Waals surface area contributed by atoms with Gasteiger partial charge in [-0.1, -0.05) is 115 Å². The van der Waals surface area contributed by atoms with Crippen molar-refractivity contribution in [3.63, 3.8) is 0 Å². The first-order chi connectivity index (χ1) is 18.0. The van der Waals surface area contributed by atoms with E-state index in [0.29, 0.717) is 11.1 Å². The molecule has 0 unspecified atom stereocenters. The van der Waals surface area contributed by atoms with E-state index in [9.17, 15) is 19.5 Å². The number of hydrogen-bond donors (Lipinski definition) is 1. The summed E-state index contributed by atoms with van der Waals surface area (Å²) in [6.07, 6.45) is 0.277. The highest BCUT2D eigenvalue weighted by Crippen LogP contribution is 2.55. The first-order valence-electron chi connectivity index (χ1n) is 12.6. The molecule has 37 heavy (non-hydrogen) atoms. The van der Waals surface area contributed by atoms with Gasteiger partial charge in [0.05, 0.1) is 5.92 Å². The predicted octanol–water partition coefficient (Wildman–Crippen LogP) is 6.90. The highest BCUT2D eigenvalue weighted by atomic mass is 16.4. The molecular formula is C33H28O4. The zero-order valence-corrected chi connectivity index (χ0v) is 20.4. The lowest BCUT2D eigenvalue weighted by Crippen LogP contribution is -2.28. The summed E-state index contributed by atoms with van der Waals surface area (Å²) in [5.41, 5.74) is 3.91. The zero-order chi connectivity index (χ0) is 25.8. The number of aliphatic carboxylic acids is 1. The summed E-state index contributed by atoms with van der Waals surface area (Å²) in [6, 6.07) is 35.5. The first kappa shape index (κ1) is 24.4. The van der Waals surface area contributed by atoms with E-state index in [-0.39, 0.29) is 30.3 Å². The fourth-order valence-electron chi connectivity index (χ4n) is 5.85. The lowest BCUT2D eigenvalue weighted by molar-refractivity contribution is -0.143. The van der Waals surface area contributed by atoms with Gasteiger partial charge in [0.15, 0.2) is 11.6 Å². The first-order valence-corrected chi connectivity index (χ1v) is 12.6. The Bertz CT molecular complexity index is 1400. The molecule has 0 aliphatic heterocycles. The third kappa shape index (κ3) is 5.01. The minimum atomic E-state index is -0.944. The standard InChI is InChI=1S/C33H28O4/c34-29(23-14-6-2-7-15-23)20-27(22-12-4-1-5-13-22)31-26-19-11-10-18-25(26)28(32(31)33(36)37)21-30(35)24-16-8-3-9-17-24/h1-19,27-28,31-32H,20-21H2,(H,36,37)/t27-,28-,31+,32-/m1/s1. The van der Waals surface area contributed by atoms with Gasteiger partial charge in [0.25, 0.3) is 0 Å². The third-order valence-corrected chi connectivity index (χ3v) is 7.52. The highest BCUT2D eigenvalue weighted by Gasteiger charge is 2.49. The molecule has 0 saturated carbocycles. The van der Waals surface area contributed by atoms with Crippen molar-refractivity contribution in [1.29, 1.82) is 0 Å². The molecule has 184 valence electrons. The number of Topliss-reactive ketones (excluding diaryl/α,β-unsaturated/α-hetero) is 2. The third-order valence-electron chi connectivity index (χ3n) is 7.52. The summed E-state index contributed by atoms with van der Waals surface area (Å²) in [6.45, 7) is 0. The number of rotatable bonds is 9. The minimum absolute atomic E-state index is 0.0279. The number of hydrogen-bond acceptors (Lipinski definition) is 3. The zero-order valence-electron chi connectivity index (χ0n) is 20.4. The lowest BCUT2D eigenvalue weighted by Gasteiger charge is -2.29. The van der Waals surface area contributed by atoms with E-state index in [2.05, 4.69) is 0 Å². The quantitative estimate of drug-likeness (QED) is 0.260. The van der Waals surface area contributed by atoms with Gasteiger partial charge in [0, 0.05) is 35.8 Å². The van der Waals surface area contributed by atoms with E-state index in [1.165, 1.54) is 0 Å². The Balaban J connectivity index is 1.57. The minimum Gasteiger partial charge on any atom is -0.481 e. The van der Waals surface area contributed by atoms with Crippen molar-refractivity contribution < 1.29 is 19.5 Å². The Labute approximate surface area is 216 Å². The van der Waals surface area contributed by atoms with Gasteiger partial charge in [-0.05, 0) is 22.6 Å². The average molecular weight is 489 g/mol. The number of fused-ring (bicyclic) bond motifs is 1. The predicted molar refractivity (Wildman–Crippen MR) is 143 cm³/mol. The van der Waals surface area contributed by atoms with E-state index in [4.69, 9.17) is 0 Å². The fourth-order valence-corrected chi connectivity index (χ4v) is 5.85. The molecule has 0 bridgehead atoms. The molecule has 0 spiro atoms. The van der Waals surface area contributed by atoms with Crippen LogP contribution in [0, 0.1) is 5.92 Å². The van der Waals surface area contributed by atoms with Crippen molar-refractivity contribution >= 4 is 17.5 Å². The molecule has 0 fully saturated rings. The smallest absolute Gasteiger partial charge is 0.307 e. The summed E-state index contributed by atoms with van der Waals surface area (Å²) in [4.78, 5) is 39.6. The maximum Gasteiger partial charge on any atom is 0.307 e. The number of carboxylic acid groups (broad SMARTS) is 1. The summed E-state index contributed by atoms with van der Waals surface area (Å²) in [7, 11) is 0. The van der Waals surface area contributed by atoms with Crippen LogP contribution in [0.15, 0.2) is 115 Å². The summed E-state index contributed by atoms with van der Waals surface area (Å²) >= 11 is 0. The Kier molecular flexibility index (Phi) is 7.09. The van der Waals surface area contributed by atoms with Crippen LogP contribution >= 0.6 is 0 Å². The number of carbonyl (C=O) groups excluding carboxylic acids is 2. The van der Waals surface area contributed by atoms with E-state index in [1.54, 1.807) is 24.3 Å². The lowest BCUT2D eigenvalue weighted by atomic mass is 9.72. The van der Waals surface area contributed by atoms with Crippen LogP contribution in [-0.4, -0.2) is 22.6 Å². The van der Waals surface area contributed by atoms with Gasteiger partial charge in [-0.2, -0.15) is 0 Å². The second-order valence-corrected chi connectivity index (χ2v) is 9.63.